The van der Waals surface area contributed by atoms with Crippen LogP contribution in [0.3, 0.4) is 0 Å². The van der Waals surface area contributed by atoms with E-state index >= 15 is 0 Å². The first-order valence-electron chi connectivity index (χ1n) is 10.6. The van der Waals surface area contributed by atoms with Crippen LogP contribution in [0.2, 0.25) is 0 Å². The number of thiocarbonyl (C=S) groups is 1. The SMILES string of the molecule is COc1cccc(N2C(=S)N[C@H](c3ccccn3)[C@@H]2c2cccn2-c2cccc([N+](=O)[O-])c2)c1. The number of rotatable bonds is 6. The van der Waals surface area contributed by atoms with Crippen molar-refractivity contribution in [3.63, 3.8) is 0 Å². The maximum atomic E-state index is 11.4. The molecule has 2 aromatic heterocycles. The first kappa shape index (κ1) is 21.6. The molecule has 0 aliphatic carbocycles. The number of nitro groups is 1. The molecule has 4 aromatic rings. The summed E-state index contributed by atoms with van der Waals surface area (Å²) in [6.07, 6.45) is 3.65. The largest absolute Gasteiger partial charge is 0.497 e. The topological polar surface area (TPSA) is 85.5 Å². The summed E-state index contributed by atoms with van der Waals surface area (Å²) in [7, 11) is 1.63. The molecule has 2 atom stereocenters. The number of nitrogens with one attached hydrogen (secondary N) is 1. The maximum absolute atomic E-state index is 11.4. The lowest BCUT2D eigenvalue weighted by Gasteiger charge is -2.29. The minimum atomic E-state index is -0.391. The molecule has 0 spiro atoms. The maximum Gasteiger partial charge on any atom is 0.271 e. The Morgan fingerprint density at radius 3 is 2.62 bits per heavy atom. The van der Waals surface area contributed by atoms with Gasteiger partial charge < -0.3 is 19.5 Å². The van der Waals surface area contributed by atoms with E-state index < -0.39 is 4.92 Å². The molecule has 3 heterocycles. The van der Waals surface area contributed by atoms with E-state index in [2.05, 4.69) is 10.3 Å². The number of ether oxygens (including phenoxy) is 1. The standard InChI is InChI=1S/C25H21N5O3S/c1-33-20-10-5-8-18(16-20)29-24(23(27-25(29)34)21-11-2-3-13-26-21)22-12-6-14-28(22)17-7-4-9-19(15-17)30(31)32/h2-16,23-24H,1H3,(H,27,34)/t23-,24+/m1/s1. The number of hydrogen-bond acceptors (Lipinski definition) is 5. The molecule has 170 valence electrons. The average molecular weight is 472 g/mol. The van der Waals surface area contributed by atoms with Gasteiger partial charge in [0, 0.05) is 42.0 Å². The molecule has 2 aromatic carbocycles. The molecular formula is C25H21N5O3S. The van der Waals surface area contributed by atoms with Crippen LogP contribution < -0.4 is 15.0 Å². The Morgan fingerprint density at radius 2 is 1.85 bits per heavy atom. The highest BCUT2D eigenvalue weighted by atomic mass is 32.1. The third-order valence-electron chi connectivity index (χ3n) is 5.83. The van der Waals surface area contributed by atoms with Crippen LogP contribution in [0.25, 0.3) is 5.69 Å². The Balaban J connectivity index is 1.67. The van der Waals surface area contributed by atoms with E-state index in [-0.39, 0.29) is 17.8 Å². The minimum absolute atomic E-state index is 0.0307. The van der Waals surface area contributed by atoms with Crippen LogP contribution in [0, 0.1) is 10.1 Å². The third-order valence-corrected chi connectivity index (χ3v) is 6.15. The fourth-order valence-electron chi connectivity index (χ4n) is 4.32. The normalized spacial score (nSPS) is 17.4. The van der Waals surface area contributed by atoms with Crippen LogP contribution in [-0.2, 0) is 0 Å². The van der Waals surface area contributed by atoms with E-state index in [0.717, 1.165) is 22.8 Å². The highest BCUT2D eigenvalue weighted by molar-refractivity contribution is 7.80. The quantitative estimate of drug-likeness (QED) is 0.241. The lowest BCUT2D eigenvalue weighted by Crippen LogP contribution is -2.30. The van der Waals surface area contributed by atoms with E-state index in [1.807, 2.05) is 76.3 Å². The number of benzene rings is 2. The molecule has 0 saturated carbocycles. The molecule has 34 heavy (non-hydrogen) atoms. The number of nitrogens with zero attached hydrogens (tertiary/aromatic N) is 4. The van der Waals surface area contributed by atoms with E-state index in [1.165, 1.54) is 6.07 Å². The van der Waals surface area contributed by atoms with Gasteiger partial charge in [-0.1, -0.05) is 18.2 Å². The van der Waals surface area contributed by atoms with Gasteiger partial charge in [0.1, 0.15) is 11.8 Å². The van der Waals surface area contributed by atoms with E-state index in [0.29, 0.717) is 10.8 Å². The van der Waals surface area contributed by atoms with Crippen molar-refractivity contribution >= 4 is 28.7 Å². The van der Waals surface area contributed by atoms with Gasteiger partial charge in [-0.25, -0.2) is 0 Å². The van der Waals surface area contributed by atoms with Gasteiger partial charge in [-0.2, -0.15) is 0 Å². The Morgan fingerprint density at radius 1 is 1.03 bits per heavy atom. The van der Waals surface area contributed by atoms with Crippen LogP contribution in [0.5, 0.6) is 5.75 Å². The highest BCUT2D eigenvalue weighted by Gasteiger charge is 2.42. The second-order valence-electron chi connectivity index (χ2n) is 7.78. The summed E-state index contributed by atoms with van der Waals surface area (Å²) in [5.41, 5.74) is 3.34. The molecule has 1 fully saturated rings. The van der Waals surface area contributed by atoms with Gasteiger partial charge in [0.2, 0.25) is 0 Å². The fraction of sp³-hybridized carbons (Fsp3) is 0.120. The number of pyridine rings is 1. The number of anilines is 1. The second-order valence-corrected chi connectivity index (χ2v) is 8.16. The van der Waals surface area contributed by atoms with Crippen molar-refractivity contribution in [3.05, 3.63) is 113 Å². The summed E-state index contributed by atoms with van der Waals surface area (Å²) < 4.78 is 7.40. The van der Waals surface area contributed by atoms with Crippen molar-refractivity contribution in [1.29, 1.82) is 0 Å². The number of non-ortho nitro benzene ring substituents is 1. The molecule has 9 heteroatoms. The number of methoxy groups -OCH3 is 1. The zero-order valence-corrected chi connectivity index (χ0v) is 19.1. The number of aromatic nitrogens is 2. The summed E-state index contributed by atoms with van der Waals surface area (Å²) in [5, 5.41) is 15.4. The predicted octanol–water partition coefficient (Wildman–Crippen LogP) is 4.97. The second kappa shape index (κ2) is 8.95. The Labute approximate surface area is 201 Å². The molecule has 8 nitrogen and oxygen atoms in total. The van der Waals surface area contributed by atoms with E-state index in [4.69, 9.17) is 17.0 Å². The van der Waals surface area contributed by atoms with Crippen LogP contribution in [0.4, 0.5) is 11.4 Å². The zero-order chi connectivity index (χ0) is 23.7. The molecule has 0 radical (unpaired) electrons. The van der Waals surface area contributed by atoms with Crippen LogP contribution >= 0.6 is 12.2 Å². The van der Waals surface area contributed by atoms with Crippen LogP contribution in [0.15, 0.2) is 91.3 Å². The first-order chi connectivity index (χ1) is 16.6. The number of hydrogen-bond donors (Lipinski definition) is 1. The van der Waals surface area contributed by atoms with Crippen molar-refractivity contribution in [2.24, 2.45) is 0 Å². The van der Waals surface area contributed by atoms with Gasteiger partial charge in [-0.3, -0.25) is 15.1 Å². The smallest absolute Gasteiger partial charge is 0.271 e. The summed E-state index contributed by atoms with van der Waals surface area (Å²) in [5.74, 6) is 0.717. The summed E-state index contributed by atoms with van der Waals surface area (Å²) in [6, 6.07) is 23.5. The van der Waals surface area contributed by atoms with Gasteiger partial charge >= 0.3 is 0 Å². The lowest BCUT2D eigenvalue weighted by molar-refractivity contribution is -0.384. The molecule has 1 aliphatic rings. The summed E-state index contributed by atoms with van der Waals surface area (Å²) in [4.78, 5) is 17.6. The monoisotopic (exact) mass is 471 g/mol. The van der Waals surface area contributed by atoms with Crippen molar-refractivity contribution in [3.8, 4) is 11.4 Å². The Hall–Kier alpha value is -4.24. The number of nitro benzene ring substituents is 1. The van der Waals surface area contributed by atoms with Crippen molar-refractivity contribution in [1.82, 2.24) is 14.9 Å². The zero-order valence-electron chi connectivity index (χ0n) is 18.2. The Bertz CT molecular complexity index is 1360. The molecule has 1 aliphatic heterocycles. The predicted molar refractivity (Wildman–Crippen MR) is 133 cm³/mol. The molecule has 0 bridgehead atoms. The first-order valence-corrected chi connectivity index (χ1v) is 11.0. The Kier molecular flexibility index (Phi) is 5.69. The van der Waals surface area contributed by atoms with Crippen molar-refractivity contribution in [2.45, 2.75) is 12.1 Å². The molecule has 0 unspecified atom stereocenters. The fourth-order valence-corrected chi connectivity index (χ4v) is 4.67. The van der Waals surface area contributed by atoms with Crippen molar-refractivity contribution in [2.75, 3.05) is 12.0 Å². The lowest BCUT2D eigenvalue weighted by atomic mass is 10.0. The summed E-state index contributed by atoms with van der Waals surface area (Å²) in [6.45, 7) is 0. The van der Waals surface area contributed by atoms with Gasteiger partial charge in [-0.15, -0.1) is 0 Å². The molecule has 5 rings (SSSR count). The van der Waals surface area contributed by atoms with Crippen molar-refractivity contribution < 1.29 is 9.66 Å². The highest BCUT2D eigenvalue weighted by Crippen LogP contribution is 2.43. The van der Waals surface area contributed by atoms with Gasteiger partial charge in [0.15, 0.2) is 5.11 Å². The van der Waals surface area contributed by atoms with Gasteiger partial charge in [-0.05, 0) is 54.7 Å². The molecule has 0 amide bonds. The summed E-state index contributed by atoms with van der Waals surface area (Å²) >= 11 is 5.79. The van der Waals surface area contributed by atoms with Gasteiger partial charge in [0.05, 0.1) is 29.5 Å². The van der Waals surface area contributed by atoms with Crippen LogP contribution in [-0.4, -0.2) is 26.7 Å². The molecule has 1 saturated heterocycles. The van der Waals surface area contributed by atoms with Gasteiger partial charge in [0.25, 0.3) is 5.69 Å². The van der Waals surface area contributed by atoms with Crippen LogP contribution in [0.1, 0.15) is 23.5 Å². The average Bonchev–Trinajstić information content (AvgIpc) is 3.49. The minimum Gasteiger partial charge on any atom is -0.497 e. The third kappa shape index (κ3) is 3.86. The van der Waals surface area contributed by atoms with E-state index in [1.54, 1.807) is 25.4 Å². The van der Waals surface area contributed by atoms with E-state index in [9.17, 15) is 10.1 Å². The molecule has 1 N–H and O–H groups in total. The molecular weight excluding hydrogens is 450 g/mol.